The van der Waals surface area contributed by atoms with Crippen LogP contribution in [-0.4, -0.2) is 59.0 Å². The number of ketones is 1. The number of halogens is 1. The first-order valence-electron chi connectivity index (χ1n) is 12.4. The van der Waals surface area contributed by atoms with Crippen molar-refractivity contribution >= 4 is 50.0 Å². The Labute approximate surface area is 235 Å². The van der Waals surface area contributed by atoms with Crippen molar-refractivity contribution in [3.8, 4) is 0 Å². The molecule has 2 unspecified atom stereocenters. The molecule has 0 spiro atoms. The number of Topliss-reactive ketones (excluding diaryl/α,β-unsaturated/α-hetero) is 1. The molecular formula is C27H37BrN2O5S2. The fourth-order valence-corrected chi connectivity index (χ4v) is 6.87. The summed E-state index contributed by atoms with van der Waals surface area (Å²) in [5.41, 5.74) is 2.89. The molecule has 1 aromatic heterocycles. The number of thiophene rings is 1. The molecule has 10 heteroatoms. The van der Waals surface area contributed by atoms with Crippen LogP contribution in [0.1, 0.15) is 58.9 Å². The highest BCUT2D eigenvalue weighted by molar-refractivity contribution is 9.11. The summed E-state index contributed by atoms with van der Waals surface area (Å²) in [4.78, 5) is 27.6. The monoisotopic (exact) mass is 612 g/mol. The number of hydrogen-bond donors (Lipinski definition) is 1. The molecule has 3 rings (SSSR count). The maximum atomic E-state index is 13.6. The van der Waals surface area contributed by atoms with Gasteiger partial charge in [0.05, 0.1) is 41.6 Å². The van der Waals surface area contributed by atoms with E-state index >= 15 is 0 Å². The van der Waals surface area contributed by atoms with E-state index in [1.54, 1.807) is 0 Å². The Bertz CT molecular complexity index is 1100. The van der Waals surface area contributed by atoms with E-state index in [2.05, 4.69) is 44.6 Å². The van der Waals surface area contributed by atoms with Crippen LogP contribution in [0.3, 0.4) is 0 Å². The number of ether oxygens (including phenoxy) is 2. The average molecular weight is 614 g/mol. The van der Waals surface area contributed by atoms with Gasteiger partial charge < -0.3 is 14.4 Å². The molecule has 0 amide bonds. The number of carbonyl (C=O) groups is 2. The number of allylic oxidation sites excluding steroid dienone is 3. The van der Waals surface area contributed by atoms with Crippen molar-refractivity contribution in [1.82, 2.24) is 9.62 Å². The summed E-state index contributed by atoms with van der Waals surface area (Å²) in [5, 5.41) is 3.94. The molecule has 0 saturated carbocycles. The zero-order valence-electron chi connectivity index (χ0n) is 22.2. The molecular weight excluding hydrogens is 576 g/mol. The summed E-state index contributed by atoms with van der Waals surface area (Å²) in [7, 11) is -0.228. The van der Waals surface area contributed by atoms with Crippen LogP contribution < -0.4 is 4.72 Å². The predicted molar refractivity (Wildman–Crippen MR) is 153 cm³/mol. The lowest BCUT2D eigenvalue weighted by Gasteiger charge is -2.38. The second-order valence-corrected chi connectivity index (χ2v) is 13.8. The second-order valence-electron chi connectivity index (χ2n) is 10.1. The molecule has 2 aliphatic rings. The van der Waals surface area contributed by atoms with Gasteiger partial charge in [-0.2, -0.15) is 11.3 Å². The fraction of sp³-hybridized carbons (Fsp3) is 0.556. The Kier molecular flexibility index (Phi) is 10.5. The van der Waals surface area contributed by atoms with Crippen molar-refractivity contribution in [2.75, 3.05) is 33.4 Å². The van der Waals surface area contributed by atoms with Gasteiger partial charge in [0.25, 0.3) is 0 Å². The minimum atomic E-state index is -1.50. The highest BCUT2D eigenvalue weighted by Crippen LogP contribution is 2.43. The molecule has 37 heavy (non-hydrogen) atoms. The topological polar surface area (TPSA) is 84.9 Å². The highest BCUT2D eigenvalue weighted by atomic mass is 79.9. The van der Waals surface area contributed by atoms with E-state index in [9.17, 15) is 13.8 Å². The molecule has 0 radical (unpaired) electrons. The fourth-order valence-electron chi connectivity index (χ4n) is 4.50. The first-order valence-corrected chi connectivity index (χ1v) is 15.3. The Balaban J connectivity index is 2.18. The maximum Gasteiger partial charge on any atom is 0.313 e. The summed E-state index contributed by atoms with van der Waals surface area (Å²) in [5.74, 6) is -0.862. The first-order chi connectivity index (χ1) is 17.5. The summed E-state index contributed by atoms with van der Waals surface area (Å²) < 4.78 is 27.9. The number of rotatable bonds is 10. The summed E-state index contributed by atoms with van der Waals surface area (Å²) in [6.45, 7) is 10.7. The van der Waals surface area contributed by atoms with Crippen LogP contribution in [0.2, 0.25) is 0 Å². The van der Waals surface area contributed by atoms with Crippen LogP contribution in [0.25, 0.3) is 0 Å². The normalized spacial score (nSPS) is 19.5. The van der Waals surface area contributed by atoms with Crippen molar-refractivity contribution < 1.29 is 23.3 Å². The van der Waals surface area contributed by atoms with E-state index in [-0.39, 0.29) is 18.6 Å². The third kappa shape index (κ3) is 7.29. The minimum Gasteiger partial charge on any atom is -0.469 e. The number of methoxy groups -OCH3 is 1. The quantitative estimate of drug-likeness (QED) is 0.291. The lowest BCUT2D eigenvalue weighted by Crippen LogP contribution is -2.50. The third-order valence-corrected chi connectivity index (χ3v) is 9.56. The largest absolute Gasteiger partial charge is 0.469 e. The van der Waals surface area contributed by atoms with Gasteiger partial charge in [0.1, 0.15) is 12.2 Å². The van der Waals surface area contributed by atoms with Crippen molar-refractivity contribution in [1.29, 1.82) is 0 Å². The minimum absolute atomic E-state index is 0.0334. The van der Waals surface area contributed by atoms with Crippen LogP contribution in [0.15, 0.2) is 50.3 Å². The zero-order chi connectivity index (χ0) is 27.2. The Morgan fingerprint density at radius 2 is 1.95 bits per heavy atom. The molecule has 1 N–H and O–H groups in total. The molecule has 1 aliphatic heterocycles. The molecule has 7 nitrogen and oxygen atoms in total. The van der Waals surface area contributed by atoms with E-state index in [1.165, 1.54) is 18.4 Å². The molecule has 1 fully saturated rings. The smallest absolute Gasteiger partial charge is 0.313 e. The maximum absolute atomic E-state index is 13.6. The summed E-state index contributed by atoms with van der Waals surface area (Å²) in [6, 6.07) is 1.97. The Morgan fingerprint density at radius 1 is 1.24 bits per heavy atom. The van der Waals surface area contributed by atoms with E-state index in [0.29, 0.717) is 19.6 Å². The van der Waals surface area contributed by atoms with Gasteiger partial charge in [-0.05, 0) is 61.2 Å². The first kappa shape index (κ1) is 30.0. The molecule has 2 atom stereocenters. The van der Waals surface area contributed by atoms with Gasteiger partial charge >= 0.3 is 5.97 Å². The van der Waals surface area contributed by atoms with Gasteiger partial charge in [-0.3, -0.25) is 9.59 Å². The third-order valence-electron chi connectivity index (χ3n) is 6.54. The summed E-state index contributed by atoms with van der Waals surface area (Å²) in [6.07, 6.45) is 5.17. The molecule has 0 bridgehead atoms. The van der Waals surface area contributed by atoms with Crippen molar-refractivity contribution in [2.24, 2.45) is 0 Å². The predicted octanol–water partition coefficient (Wildman–Crippen LogP) is 5.12. The number of morpholine rings is 1. The van der Waals surface area contributed by atoms with Gasteiger partial charge in [-0.25, -0.2) is 8.93 Å². The number of carbonyl (C=O) groups excluding carboxylic acids is 2. The van der Waals surface area contributed by atoms with Crippen molar-refractivity contribution in [3.05, 3.63) is 55.9 Å². The second kappa shape index (κ2) is 13.0. The summed E-state index contributed by atoms with van der Waals surface area (Å²) >= 11 is 5.36. The van der Waals surface area contributed by atoms with Gasteiger partial charge in [0, 0.05) is 36.1 Å². The van der Waals surface area contributed by atoms with Gasteiger partial charge in [0.2, 0.25) is 0 Å². The lowest BCUT2D eigenvalue weighted by molar-refractivity contribution is -0.143. The van der Waals surface area contributed by atoms with E-state index in [4.69, 9.17) is 9.47 Å². The van der Waals surface area contributed by atoms with E-state index in [0.717, 1.165) is 46.4 Å². The standard InChI is InChI=1S/C27H37BrN2O5S2/c1-6-19-15-23(28)24(30-10-12-35-13-11-30)8-7-22(19)27(20-9-14-36-18-20,29-37(33)26(2,3)4)17-21(31)16-25(32)34-5/h7-9,14,18,29H,6,10-13,15-17H2,1-5H3. The van der Waals surface area contributed by atoms with Crippen LogP contribution in [0.5, 0.6) is 0 Å². The van der Waals surface area contributed by atoms with Gasteiger partial charge in [0.15, 0.2) is 0 Å². The number of hydrogen-bond acceptors (Lipinski definition) is 7. The zero-order valence-corrected chi connectivity index (χ0v) is 25.4. The molecule has 1 aromatic rings. The molecule has 0 aromatic carbocycles. The highest BCUT2D eigenvalue weighted by Gasteiger charge is 2.43. The van der Waals surface area contributed by atoms with Crippen LogP contribution in [0.4, 0.5) is 0 Å². The van der Waals surface area contributed by atoms with Crippen LogP contribution in [-0.2, 0) is 35.6 Å². The lowest BCUT2D eigenvalue weighted by atomic mass is 9.77. The SMILES string of the molecule is CCC1=C(C(CC(=O)CC(=O)OC)(NS(=O)C(C)(C)C)c2ccsc2)C=CC(N2CCOCC2)=C(Br)C1. The average Bonchev–Trinajstić information content (AvgIpc) is 3.34. The number of esters is 1. The molecule has 204 valence electrons. The Morgan fingerprint density at radius 3 is 2.51 bits per heavy atom. The number of nitrogens with one attached hydrogen (secondary N) is 1. The van der Waals surface area contributed by atoms with Crippen molar-refractivity contribution in [3.63, 3.8) is 0 Å². The molecule has 1 aliphatic carbocycles. The van der Waals surface area contributed by atoms with Crippen molar-refractivity contribution in [2.45, 2.75) is 63.7 Å². The van der Waals surface area contributed by atoms with Crippen LogP contribution in [0, 0.1) is 0 Å². The molecule has 1 saturated heterocycles. The van der Waals surface area contributed by atoms with Gasteiger partial charge in [-0.15, -0.1) is 0 Å². The number of nitrogens with zero attached hydrogens (tertiary/aromatic N) is 1. The molecule has 2 heterocycles. The van der Waals surface area contributed by atoms with Crippen LogP contribution >= 0.6 is 27.3 Å². The van der Waals surface area contributed by atoms with E-state index < -0.39 is 27.2 Å². The van der Waals surface area contributed by atoms with E-state index in [1.807, 2.05) is 37.6 Å². The van der Waals surface area contributed by atoms with Gasteiger partial charge in [-0.1, -0.05) is 34.5 Å². The Hall–Kier alpha value is -1.59.